The molecule has 2 aromatic carbocycles. The SMILES string of the molecule is OC[C@H]1O[C@@H](Oc2ccc(C#Cc3cccc(-c4cccc(C#Cc5ccc(O[C@@H]6O[C@H](CO)[C@H](O)[C@H](O)[C@H]6O)cc5)n4)n3)cc2)[C@H](O)[C@@H](O)[C@H]1O. The van der Waals surface area contributed by atoms with Gasteiger partial charge in [0, 0.05) is 11.1 Å². The molecule has 0 saturated carbocycles. The molecule has 2 fully saturated rings. The predicted octanol–water partition coefficient (Wildman–Crippen LogP) is -0.699. The van der Waals surface area contributed by atoms with Crippen molar-refractivity contribution in [1.82, 2.24) is 9.97 Å². The second-order valence-corrected chi connectivity index (χ2v) is 12.0. The second kappa shape index (κ2) is 16.6. The second-order valence-electron chi connectivity index (χ2n) is 12.0. The third kappa shape index (κ3) is 8.56. The molecular formula is C38H36N2O12. The fourth-order valence-corrected chi connectivity index (χ4v) is 5.40. The summed E-state index contributed by atoms with van der Waals surface area (Å²) in [6, 6.07) is 24.0. The molecule has 0 unspecified atom stereocenters. The maximum absolute atomic E-state index is 10.2. The van der Waals surface area contributed by atoms with Crippen molar-refractivity contribution in [2.75, 3.05) is 13.2 Å². The predicted molar refractivity (Wildman–Crippen MR) is 181 cm³/mol. The number of aromatic nitrogens is 2. The third-order valence-electron chi connectivity index (χ3n) is 8.34. The zero-order valence-electron chi connectivity index (χ0n) is 27.4. The monoisotopic (exact) mass is 712 g/mol. The first-order valence-electron chi connectivity index (χ1n) is 16.3. The van der Waals surface area contributed by atoms with Crippen molar-refractivity contribution in [3.8, 4) is 46.6 Å². The van der Waals surface area contributed by atoms with Crippen LogP contribution in [0.5, 0.6) is 11.5 Å². The van der Waals surface area contributed by atoms with E-state index in [0.717, 1.165) is 0 Å². The van der Waals surface area contributed by atoms with Gasteiger partial charge in [0.1, 0.15) is 71.7 Å². The quantitative estimate of drug-likeness (QED) is 0.111. The molecular weight excluding hydrogens is 676 g/mol. The molecule has 6 rings (SSSR count). The third-order valence-corrected chi connectivity index (χ3v) is 8.34. The van der Waals surface area contributed by atoms with Crippen LogP contribution in [0.25, 0.3) is 11.4 Å². The van der Waals surface area contributed by atoms with E-state index in [2.05, 4.69) is 33.6 Å². The average Bonchev–Trinajstić information content (AvgIpc) is 3.18. The Hall–Kier alpha value is -4.94. The molecule has 2 saturated heterocycles. The van der Waals surface area contributed by atoms with Crippen molar-refractivity contribution in [3.63, 3.8) is 0 Å². The number of rotatable bonds is 7. The van der Waals surface area contributed by atoms with Gasteiger partial charge in [0.2, 0.25) is 12.6 Å². The van der Waals surface area contributed by atoms with Crippen molar-refractivity contribution in [1.29, 1.82) is 0 Å². The highest BCUT2D eigenvalue weighted by atomic mass is 16.7. The highest BCUT2D eigenvalue weighted by Gasteiger charge is 2.45. The highest BCUT2D eigenvalue weighted by Crippen LogP contribution is 2.26. The number of hydrogen-bond acceptors (Lipinski definition) is 14. The summed E-state index contributed by atoms with van der Waals surface area (Å²) in [4.78, 5) is 9.26. The van der Waals surface area contributed by atoms with Crippen LogP contribution in [0.4, 0.5) is 0 Å². The zero-order valence-corrected chi connectivity index (χ0v) is 27.4. The summed E-state index contributed by atoms with van der Waals surface area (Å²) < 4.78 is 22.0. The van der Waals surface area contributed by atoms with Crippen molar-refractivity contribution in [2.24, 2.45) is 0 Å². The standard InChI is InChI=1S/C38H36N2O12/c41-19-29-31(43)33(45)35(47)37(51-29)49-25-15-9-21(10-16-25)7-13-23-3-1-5-27(39-23)28-6-2-4-24(40-28)14-8-22-11-17-26(18-12-22)50-38-36(48)34(46)32(44)30(20-42)52-38/h1-6,9-12,15-18,29-38,41-48H,19-20H2/t29-,30-,31+,32+,33+,34+,35-,36-,37-,38-/m1/s1. The normalized spacial score (nSPS) is 28.5. The summed E-state index contributed by atoms with van der Waals surface area (Å²) in [5.41, 5.74) is 3.49. The molecule has 10 atom stereocenters. The van der Waals surface area contributed by atoms with Crippen molar-refractivity contribution in [2.45, 2.75) is 61.4 Å². The largest absolute Gasteiger partial charge is 0.462 e. The Balaban J connectivity index is 1.07. The Morgan fingerprint density at radius 3 is 1.23 bits per heavy atom. The molecule has 0 aliphatic carbocycles. The van der Waals surface area contributed by atoms with Gasteiger partial charge in [-0.1, -0.05) is 24.0 Å². The van der Waals surface area contributed by atoms with Crippen LogP contribution in [0.1, 0.15) is 22.5 Å². The molecule has 0 spiro atoms. The van der Waals surface area contributed by atoms with Gasteiger partial charge in [-0.15, -0.1) is 0 Å². The Morgan fingerprint density at radius 1 is 0.481 bits per heavy atom. The maximum atomic E-state index is 10.2. The summed E-state index contributed by atoms with van der Waals surface area (Å²) >= 11 is 0. The average molecular weight is 713 g/mol. The van der Waals surface area contributed by atoms with E-state index < -0.39 is 74.6 Å². The van der Waals surface area contributed by atoms with Crippen LogP contribution in [0, 0.1) is 23.7 Å². The van der Waals surface area contributed by atoms with E-state index in [0.29, 0.717) is 45.4 Å². The summed E-state index contributed by atoms with van der Waals surface area (Å²) in [5.74, 6) is 12.8. The van der Waals surface area contributed by atoms with Crippen molar-refractivity contribution in [3.05, 3.63) is 107 Å². The van der Waals surface area contributed by atoms with Crippen molar-refractivity contribution >= 4 is 0 Å². The summed E-state index contributed by atoms with van der Waals surface area (Å²) in [7, 11) is 0. The van der Waals surface area contributed by atoms with Crippen LogP contribution in [0.3, 0.4) is 0 Å². The maximum Gasteiger partial charge on any atom is 0.229 e. The van der Waals surface area contributed by atoms with E-state index in [4.69, 9.17) is 18.9 Å². The topological polar surface area (TPSA) is 225 Å². The number of aliphatic hydroxyl groups excluding tert-OH is 8. The molecule has 4 aromatic rings. The number of ether oxygens (including phenoxy) is 4. The van der Waals surface area contributed by atoms with Gasteiger partial charge in [0.05, 0.1) is 24.6 Å². The number of pyridine rings is 2. The molecule has 8 N–H and O–H groups in total. The molecule has 2 aromatic heterocycles. The molecule has 52 heavy (non-hydrogen) atoms. The number of hydrogen-bond donors (Lipinski definition) is 8. The Morgan fingerprint density at radius 2 is 0.865 bits per heavy atom. The van der Waals surface area contributed by atoms with E-state index in [1.807, 2.05) is 24.3 Å². The first-order chi connectivity index (χ1) is 25.1. The lowest BCUT2D eigenvalue weighted by molar-refractivity contribution is -0.277. The van der Waals surface area contributed by atoms with Crippen LogP contribution >= 0.6 is 0 Å². The van der Waals surface area contributed by atoms with Gasteiger partial charge in [-0.25, -0.2) is 9.97 Å². The number of nitrogens with zero attached hydrogens (tertiary/aromatic N) is 2. The molecule has 14 nitrogen and oxygen atoms in total. The van der Waals surface area contributed by atoms with Gasteiger partial charge in [-0.2, -0.15) is 0 Å². The molecule has 4 heterocycles. The van der Waals surface area contributed by atoms with Crippen LogP contribution in [0.15, 0.2) is 84.9 Å². The number of benzene rings is 2. The Labute approximate surface area is 298 Å². The lowest BCUT2D eigenvalue weighted by Crippen LogP contribution is -2.60. The minimum absolute atomic E-state index is 0.321. The minimum Gasteiger partial charge on any atom is -0.462 e. The molecule has 270 valence electrons. The van der Waals surface area contributed by atoms with Gasteiger partial charge in [-0.3, -0.25) is 0 Å². The fourth-order valence-electron chi connectivity index (χ4n) is 5.40. The van der Waals surface area contributed by atoms with Gasteiger partial charge < -0.3 is 59.8 Å². The first kappa shape index (κ1) is 36.8. The molecule has 14 heteroatoms. The zero-order chi connectivity index (χ0) is 36.8. The fraction of sp³-hybridized carbons (Fsp3) is 0.316. The molecule has 0 bridgehead atoms. The van der Waals surface area contributed by atoms with Gasteiger partial charge in [0.25, 0.3) is 0 Å². The summed E-state index contributed by atoms with van der Waals surface area (Å²) in [5, 5.41) is 79.0. The smallest absolute Gasteiger partial charge is 0.229 e. The van der Waals surface area contributed by atoms with E-state index in [1.54, 1.807) is 60.7 Å². The van der Waals surface area contributed by atoms with E-state index >= 15 is 0 Å². The van der Waals surface area contributed by atoms with Gasteiger partial charge in [-0.05, 0) is 84.6 Å². The summed E-state index contributed by atoms with van der Waals surface area (Å²) in [6.45, 7) is -1.11. The van der Waals surface area contributed by atoms with Crippen molar-refractivity contribution < 1.29 is 59.8 Å². The van der Waals surface area contributed by atoms with Gasteiger partial charge >= 0.3 is 0 Å². The van der Waals surface area contributed by atoms with E-state index in [1.165, 1.54) is 0 Å². The molecule has 2 aliphatic rings. The lowest BCUT2D eigenvalue weighted by atomic mass is 9.99. The van der Waals surface area contributed by atoms with E-state index in [9.17, 15) is 40.9 Å². The van der Waals surface area contributed by atoms with E-state index in [-0.39, 0.29) is 0 Å². The first-order valence-corrected chi connectivity index (χ1v) is 16.3. The minimum atomic E-state index is -1.54. The summed E-state index contributed by atoms with van der Waals surface area (Å²) in [6.07, 6.45) is -13.8. The number of aliphatic hydroxyl groups is 8. The Bertz CT molecular complexity index is 1790. The van der Waals surface area contributed by atoms with Crippen LogP contribution < -0.4 is 9.47 Å². The van der Waals surface area contributed by atoms with Crippen LogP contribution in [0.2, 0.25) is 0 Å². The van der Waals surface area contributed by atoms with Gasteiger partial charge in [0.15, 0.2) is 0 Å². The molecule has 0 amide bonds. The molecule has 0 radical (unpaired) electrons. The van der Waals surface area contributed by atoms with Crippen LogP contribution in [-0.2, 0) is 9.47 Å². The van der Waals surface area contributed by atoms with Crippen LogP contribution in [-0.4, -0.2) is 125 Å². The lowest BCUT2D eigenvalue weighted by Gasteiger charge is -2.39. The Kier molecular flexibility index (Phi) is 11.8. The molecule has 2 aliphatic heterocycles. The highest BCUT2D eigenvalue weighted by molar-refractivity contribution is 5.57.